The predicted octanol–water partition coefficient (Wildman–Crippen LogP) is 1.08. The van der Waals surface area contributed by atoms with Crippen LogP contribution in [0.1, 0.15) is 18.5 Å². The summed E-state index contributed by atoms with van der Waals surface area (Å²) in [6, 6.07) is 6.60. The van der Waals surface area contributed by atoms with Crippen molar-refractivity contribution >= 4 is 9.84 Å². The maximum absolute atomic E-state index is 11.6. The van der Waals surface area contributed by atoms with Gasteiger partial charge >= 0.3 is 0 Å². The van der Waals surface area contributed by atoms with E-state index in [0.29, 0.717) is 4.90 Å². The number of likely N-dealkylation sites (N-methyl/N-ethyl adjacent to an activating group) is 1. The molecule has 1 aromatic rings. The van der Waals surface area contributed by atoms with Gasteiger partial charge in [-0.05, 0) is 31.8 Å². The number of benzene rings is 1. The molecular weight excluding hydrogens is 238 g/mol. The molecule has 0 amide bonds. The third kappa shape index (κ3) is 3.28. The van der Waals surface area contributed by atoms with Crippen molar-refractivity contribution in [3.05, 3.63) is 29.8 Å². The summed E-state index contributed by atoms with van der Waals surface area (Å²) in [5.74, 6) is 0.101. The fourth-order valence-electron chi connectivity index (χ4n) is 1.63. The van der Waals surface area contributed by atoms with Crippen molar-refractivity contribution in [3.63, 3.8) is 0 Å². The molecule has 5 heteroatoms. The second kappa shape index (κ2) is 5.62. The summed E-state index contributed by atoms with van der Waals surface area (Å²) < 4.78 is 23.3. The first kappa shape index (κ1) is 14.2. The summed E-state index contributed by atoms with van der Waals surface area (Å²) in [5, 5.41) is 9.27. The van der Waals surface area contributed by atoms with Crippen molar-refractivity contribution in [1.29, 1.82) is 0 Å². The van der Waals surface area contributed by atoms with Crippen LogP contribution in [0.3, 0.4) is 0 Å². The Morgan fingerprint density at radius 1 is 1.24 bits per heavy atom. The van der Waals surface area contributed by atoms with Gasteiger partial charge in [0, 0.05) is 0 Å². The van der Waals surface area contributed by atoms with E-state index in [4.69, 9.17) is 0 Å². The second-order valence-electron chi connectivity index (χ2n) is 4.13. The Balaban J connectivity index is 3.03. The molecule has 0 saturated heterocycles. The molecule has 0 spiro atoms. The number of aliphatic hydroxyl groups excluding tert-OH is 1. The van der Waals surface area contributed by atoms with Crippen molar-refractivity contribution in [2.45, 2.75) is 17.9 Å². The highest BCUT2D eigenvalue weighted by atomic mass is 32.2. The number of sulfone groups is 1. The second-order valence-corrected chi connectivity index (χ2v) is 6.41. The van der Waals surface area contributed by atoms with Crippen molar-refractivity contribution in [2.75, 3.05) is 26.5 Å². The zero-order valence-electron chi connectivity index (χ0n) is 10.4. The maximum Gasteiger partial charge on any atom is 0.178 e. The first-order valence-electron chi connectivity index (χ1n) is 5.52. The number of hydrogen-bond acceptors (Lipinski definition) is 4. The van der Waals surface area contributed by atoms with Crippen LogP contribution >= 0.6 is 0 Å². The maximum atomic E-state index is 11.6. The van der Waals surface area contributed by atoms with E-state index in [1.807, 2.05) is 19.0 Å². The lowest BCUT2D eigenvalue weighted by Crippen LogP contribution is -2.23. The molecule has 1 rings (SSSR count). The molecule has 0 saturated carbocycles. The van der Waals surface area contributed by atoms with E-state index >= 15 is 0 Å². The Morgan fingerprint density at radius 3 is 2.12 bits per heavy atom. The van der Waals surface area contributed by atoms with Crippen LogP contribution in [0.2, 0.25) is 0 Å². The zero-order chi connectivity index (χ0) is 13.1. The Morgan fingerprint density at radius 2 is 1.76 bits per heavy atom. The molecule has 1 N–H and O–H groups in total. The van der Waals surface area contributed by atoms with Gasteiger partial charge in [0.15, 0.2) is 9.84 Å². The first-order chi connectivity index (χ1) is 7.92. The molecule has 0 fully saturated rings. The van der Waals surface area contributed by atoms with Gasteiger partial charge in [0.25, 0.3) is 0 Å². The minimum Gasteiger partial charge on any atom is -0.394 e. The van der Waals surface area contributed by atoms with E-state index in [9.17, 15) is 13.5 Å². The third-order valence-electron chi connectivity index (χ3n) is 2.80. The van der Waals surface area contributed by atoms with E-state index in [-0.39, 0.29) is 18.4 Å². The summed E-state index contributed by atoms with van der Waals surface area (Å²) in [6.07, 6.45) is 0. The molecule has 0 heterocycles. The van der Waals surface area contributed by atoms with Gasteiger partial charge in [-0.15, -0.1) is 0 Å². The minimum atomic E-state index is -3.14. The molecule has 0 aliphatic rings. The van der Waals surface area contributed by atoms with E-state index in [1.165, 1.54) is 0 Å². The van der Waals surface area contributed by atoms with Crippen molar-refractivity contribution < 1.29 is 13.5 Å². The molecule has 1 aromatic carbocycles. The van der Waals surface area contributed by atoms with Crippen molar-refractivity contribution in [2.24, 2.45) is 0 Å². The molecule has 17 heavy (non-hydrogen) atoms. The first-order valence-corrected chi connectivity index (χ1v) is 7.17. The largest absolute Gasteiger partial charge is 0.394 e. The van der Waals surface area contributed by atoms with Crippen LogP contribution in [-0.2, 0) is 9.84 Å². The topological polar surface area (TPSA) is 57.6 Å². The van der Waals surface area contributed by atoms with E-state index in [0.717, 1.165) is 5.56 Å². The molecule has 1 atom stereocenters. The van der Waals surface area contributed by atoms with Crippen molar-refractivity contribution in [3.8, 4) is 0 Å². The van der Waals surface area contributed by atoms with E-state index in [1.54, 1.807) is 31.2 Å². The quantitative estimate of drug-likeness (QED) is 0.857. The summed E-state index contributed by atoms with van der Waals surface area (Å²) in [5.41, 5.74) is 0.910. The summed E-state index contributed by atoms with van der Waals surface area (Å²) in [4.78, 5) is 2.22. The molecule has 4 nitrogen and oxygen atoms in total. The lowest BCUT2D eigenvalue weighted by atomic mass is 10.1. The number of aliphatic hydroxyl groups is 1. The Hall–Kier alpha value is -0.910. The average molecular weight is 257 g/mol. The van der Waals surface area contributed by atoms with Crippen LogP contribution < -0.4 is 0 Å². The molecular formula is C12H19NO3S. The van der Waals surface area contributed by atoms with Gasteiger partial charge < -0.3 is 10.0 Å². The lowest BCUT2D eigenvalue weighted by Gasteiger charge is -2.22. The van der Waals surface area contributed by atoms with Crippen LogP contribution in [-0.4, -0.2) is 44.9 Å². The Bertz CT molecular complexity index is 451. The van der Waals surface area contributed by atoms with Gasteiger partial charge in [-0.3, -0.25) is 0 Å². The van der Waals surface area contributed by atoms with Crippen LogP contribution in [0.25, 0.3) is 0 Å². The minimum absolute atomic E-state index is 0.00682. The number of rotatable bonds is 5. The van der Waals surface area contributed by atoms with Gasteiger partial charge in [0.2, 0.25) is 0 Å². The summed E-state index contributed by atoms with van der Waals surface area (Å²) in [6.45, 7) is 1.63. The van der Waals surface area contributed by atoms with Crippen molar-refractivity contribution in [1.82, 2.24) is 4.90 Å². The highest BCUT2D eigenvalue weighted by molar-refractivity contribution is 7.91. The molecule has 0 aromatic heterocycles. The molecule has 0 bridgehead atoms. The molecule has 1 unspecified atom stereocenters. The standard InChI is InChI=1S/C12H19NO3S/c1-4-17(15,16)11-7-5-10(6-8-11)12(9-14)13(2)3/h5-8,12,14H,4,9H2,1-3H3. The van der Waals surface area contributed by atoms with Gasteiger partial charge in [-0.1, -0.05) is 19.1 Å². The fraction of sp³-hybridized carbons (Fsp3) is 0.500. The molecule has 0 aliphatic carbocycles. The normalized spacial score (nSPS) is 13.9. The van der Waals surface area contributed by atoms with Gasteiger partial charge in [0.1, 0.15) is 0 Å². The zero-order valence-corrected chi connectivity index (χ0v) is 11.2. The van der Waals surface area contributed by atoms with Crippen LogP contribution in [0.5, 0.6) is 0 Å². The SMILES string of the molecule is CCS(=O)(=O)c1ccc(C(CO)N(C)C)cc1. The molecule has 0 aliphatic heterocycles. The average Bonchev–Trinajstić information content (AvgIpc) is 2.30. The van der Waals surface area contributed by atoms with E-state index < -0.39 is 9.84 Å². The lowest BCUT2D eigenvalue weighted by molar-refractivity contribution is 0.171. The van der Waals surface area contributed by atoms with Crippen LogP contribution in [0, 0.1) is 0 Å². The monoisotopic (exact) mass is 257 g/mol. The Labute approximate surface area is 103 Å². The smallest absolute Gasteiger partial charge is 0.178 e. The Kier molecular flexibility index (Phi) is 4.68. The fourth-order valence-corrected chi connectivity index (χ4v) is 2.51. The molecule has 96 valence electrons. The number of nitrogens with zero attached hydrogens (tertiary/aromatic N) is 1. The summed E-state index contributed by atoms with van der Waals surface area (Å²) >= 11 is 0. The number of hydrogen-bond donors (Lipinski definition) is 1. The van der Waals surface area contributed by atoms with Gasteiger partial charge in [-0.25, -0.2) is 8.42 Å². The van der Waals surface area contributed by atoms with Crippen LogP contribution in [0.15, 0.2) is 29.2 Å². The van der Waals surface area contributed by atoms with Gasteiger partial charge in [0.05, 0.1) is 23.3 Å². The van der Waals surface area contributed by atoms with E-state index in [2.05, 4.69) is 0 Å². The highest BCUT2D eigenvalue weighted by Gasteiger charge is 2.15. The predicted molar refractivity (Wildman–Crippen MR) is 67.7 cm³/mol. The highest BCUT2D eigenvalue weighted by Crippen LogP contribution is 2.20. The summed E-state index contributed by atoms with van der Waals surface area (Å²) in [7, 11) is 0.601. The third-order valence-corrected chi connectivity index (χ3v) is 4.55. The molecule has 0 radical (unpaired) electrons. The van der Waals surface area contributed by atoms with Gasteiger partial charge in [-0.2, -0.15) is 0 Å². The van der Waals surface area contributed by atoms with Crippen LogP contribution in [0.4, 0.5) is 0 Å².